The Kier molecular flexibility index (Phi) is 4.76. The highest BCUT2D eigenvalue weighted by Crippen LogP contribution is 2.25. The fourth-order valence-electron chi connectivity index (χ4n) is 2.72. The second-order valence-corrected chi connectivity index (χ2v) is 7.83. The summed E-state index contributed by atoms with van der Waals surface area (Å²) in [4.78, 5) is 2.39. The molecule has 1 aliphatic rings. The number of sulfonamides is 1. The van der Waals surface area contributed by atoms with Crippen molar-refractivity contribution < 1.29 is 8.42 Å². The van der Waals surface area contributed by atoms with Crippen LogP contribution in [0.3, 0.4) is 0 Å². The van der Waals surface area contributed by atoms with E-state index in [-0.39, 0.29) is 0 Å². The molecule has 0 radical (unpaired) electrons. The molecular weight excluding hydrogens is 346 g/mol. The molecule has 1 heterocycles. The first kappa shape index (κ1) is 16.8. The highest BCUT2D eigenvalue weighted by Gasteiger charge is 2.28. The molecule has 24 heavy (non-hydrogen) atoms. The predicted molar refractivity (Wildman–Crippen MR) is 93.6 cm³/mol. The molecule has 1 aliphatic heterocycles. The van der Waals surface area contributed by atoms with Crippen LogP contribution < -0.4 is 4.90 Å². The van der Waals surface area contributed by atoms with Crippen molar-refractivity contribution in [3.8, 4) is 6.07 Å². The van der Waals surface area contributed by atoms with Crippen molar-refractivity contribution in [1.82, 2.24) is 4.31 Å². The van der Waals surface area contributed by atoms with Gasteiger partial charge < -0.3 is 4.90 Å². The molecule has 0 spiro atoms. The Morgan fingerprint density at radius 3 is 2.25 bits per heavy atom. The summed E-state index contributed by atoms with van der Waals surface area (Å²) in [6.45, 7) is 1.98. The minimum atomic E-state index is -3.45. The van der Waals surface area contributed by atoms with E-state index in [1.165, 1.54) is 4.31 Å². The second-order valence-electron chi connectivity index (χ2n) is 5.48. The fraction of sp³-hybridized carbons (Fsp3) is 0.235. The minimum Gasteiger partial charge on any atom is -0.369 e. The zero-order chi connectivity index (χ0) is 17.2. The quantitative estimate of drug-likeness (QED) is 0.843. The first-order valence-corrected chi connectivity index (χ1v) is 9.34. The smallest absolute Gasteiger partial charge is 0.243 e. The highest BCUT2D eigenvalue weighted by molar-refractivity contribution is 7.89. The maximum Gasteiger partial charge on any atom is 0.243 e. The van der Waals surface area contributed by atoms with Gasteiger partial charge in [0.2, 0.25) is 10.0 Å². The van der Waals surface area contributed by atoms with Crippen molar-refractivity contribution >= 4 is 27.3 Å². The first-order chi connectivity index (χ1) is 11.5. The van der Waals surface area contributed by atoms with Crippen LogP contribution in [0.4, 0.5) is 5.69 Å². The zero-order valence-electron chi connectivity index (χ0n) is 12.9. The van der Waals surface area contributed by atoms with E-state index in [9.17, 15) is 8.42 Å². The van der Waals surface area contributed by atoms with E-state index in [0.717, 1.165) is 5.69 Å². The summed E-state index contributed by atoms with van der Waals surface area (Å²) in [5, 5.41) is 9.34. The van der Waals surface area contributed by atoms with Crippen LogP contribution >= 0.6 is 11.6 Å². The Bertz CT molecular complexity index is 870. The van der Waals surface area contributed by atoms with E-state index in [2.05, 4.69) is 4.90 Å². The molecule has 0 bridgehead atoms. The van der Waals surface area contributed by atoms with E-state index in [1.54, 1.807) is 42.5 Å². The van der Waals surface area contributed by atoms with Crippen LogP contribution in [0, 0.1) is 11.3 Å². The summed E-state index contributed by atoms with van der Waals surface area (Å²) in [6.07, 6.45) is 0. The molecule has 1 saturated heterocycles. The Hall–Kier alpha value is -2.07. The van der Waals surface area contributed by atoms with Crippen LogP contribution in [0.15, 0.2) is 53.4 Å². The molecule has 7 heteroatoms. The van der Waals surface area contributed by atoms with Gasteiger partial charge in [-0.05, 0) is 30.3 Å². The minimum absolute atomic E-state index is 0.319. The lowest BCUT2D eigenvalue weighted by Crippen LogP contribution is -2.48. The van der Waals surface area contributed by atoms with Gasteiger partial charge in [0.1, 0.15) is 6.07 Å². The van der Waals surface area contributed by atoms with Crippen molar-refractivity contribution in [3.05, 3.63) is 59.1 Å². The lowest BCUT2D eigenvalue weighted by Gasteiger charge is -2.35. The van der Waals surface area contributed by atoms with Crippen LogP contribution in [0.1, 0.15) is 5.56 Å². The Morgan fingerprint density at radius 1 is 1.00 bits per heavy atom. The van der Waals surface area contributed by atoms with E-state index >= 15 is 0 Å². The monoisotopic (exact) mass is 361 g/mol. The molecule has 0 amide bonds. The molecule has 0 aromatic heterocycles. The molecule has 0 aliphatic carbocycles. The van der Waals surface area contributed by atoms with Gasteiger partial charge in [0, 0.05) is 31.9 Å². The van der Waals surface area contributed by atoms with Crippen molar-refractivity contribution in [2.24, 2.45) is 0 Å². The summed E-state index contributed by atoms with van der Waals surface area (Å²) >= 11 is 6.07. The predicted octanol–water partition coefficient (Wildman–Crippen LogP) is 2.72. The SMILES string of the molecule is N#Cc1ccc(N2CCN(S(=O)(=O)c3ccccc3)CC2)cc1Cl. The summed E-state index contributed by atoms with van der Waals surface area (Å²) in [6, 6.07) is 15.8. The zero-order valence-corrected chi connectivity index (χ0v) is 14.5. The molecule has 0 saturated carbocycles. The van der Waals surface area contributed by atoms with E-state index in [0.29, 0.717) is 41.7 Å². The number of halogens is 1. The van der Waals surface area contributed by atoms with Crippen LogP contribution in [0.25, 0.3) is 0 Å². The topological polar surface area (TPSA) is 64.4 Å². The van der Waals surface area contributed by atoms with E-state index < -0.39 is 10.0 Å². The van der Waals surface area contributed by atoms with Crippen molar-refractivity contribution in [2.45, 2.75) is 4.90 Å². The van der Waals surface area contributed by atoms with Gasteiger partial charge in [-0.15, -0.1) is 0 Å². The number of rotatable bonds is 3. The molecule has 124 valence electrons. The molecule has 2 aromatic rings. The van der Waals surface area contributed by atoms with Gasteiger partial charge in [0.15, 0.2) is 0 Å². The molecule has 0 atom stereocenters. The summed E-state index contributed by atoms with van der Waals surface area (Å²) < 4.78 is 26.7. The number of hydrogen-bond acceptors (Lipinski definition) is 4. The average Bonchev–Trinajstić information content (AvgIpc) is 2.62. The molecule has 5 nitrogen and oxygen atoms in total. The number of benzene rings is 2. The Morgan fingerprint density at radius 2 is 1.67 bits per heavy atom. The van der Waals surface area contributed by atoms with Crippen LogP contribution in [-0.2, 0) is 10.0 Å². The molecule has 1 fully saturated rings. The Balaban J connectivity index is 1.72. The summed E-state index contributed by atoms with van der Waals surface area (Å²) in [7, 11) is -3.45. The molecule has 3 rings (SSSR count). The van der Waals surface area contributed by atoms with Crippen molar-refractivity contribution in [1.29, 1.82) is 5.26 Å². The highest BCUT2D eigenvalue weighted by atomic mass is 35.5. The van der Waals surface area contributed by atoms with Crippen LogP contribution in [0.2, 0.25) is 5.02 Å². The van der Waals surface area contributed by atoms with E-state index in [1.807, 2.05) is 12.1 Å². The van der Waals surface area contributed by atoms with Gasteiger partial charge in [-0.25, -0.2) is 8.42 Å². The lowest BCUT2D eigenvalue weighted by atomic mass is 10.2. The Labute approximate surface area is 146 Å². The van der Waals surface area contributed by atoms with Gasteiger partial charge >= 0.3 is 0 Å². The third-order valence-electron chi connectivity index (χ3n) is 4.06. The van der Waals surface area contributed by atoms with E-state index in [4.69, 9.17) is 16.9 Å². The van der Waals surface area contributed by atoms with Gasteiger partial charge in [0.05, 0.1) is 15.5 Å². The maximum absolute atomic E-state index is 12.6. The molecule has 2 aromatic carbocycles. The average molecular weight is 362 g/mol. The van der Waals surface area contributed by atoms with Gasteiger partial charge in [-0.1, -0.05) is 29.8 Å². The van der Waals surface area contributed by atoms with Crippen LogP contribution in [-0.4, -0.2) is 38.9 Å². The summed E-state index contributed by atoms with van der Waals surface area (Å²) in [5.41, 5.74) is 1.33. The van der Waals surface area contributed by atoms with Gasteiger partial charge in [-0.2, -0.15) is 9.57 Å². The van der Waals surface area contributed by atoms with Crippen LogP contribution in [0.5, 0.6) is 0 Å². The number of nitrogens with zero attached hydrogens (tertiary/aromatic N) is 3. The maximum atomic E-state index is 12.6. The first-order valence-electron chi connectivity index (χ1n) is 7.52. The largest absolute Gasteiger partial charge is 0.369 e. The number of hydrogen-bond donors (Lipinski definition) is 0. The lowest BCUT2D eigenvalue weighted by molar-refractivity contribution is 0.385. The number of anilines is 1. The summed E-state index contributed by atoms with van der Waals surface area (Å²) in [5.74, 6) is 0. The standard InChI is InChI=1S/C17H16ClN3O2S/c18-17-12-15(7-6-14(17)13-19)20-8-10-21(11-9-20)24(22,23)16-4-2-1-3-5-16/h1-7,12H,8-11H2. The fourth-order valence-corrected chi connectivity index (χ4v) is 4.38. The van der Waals surface area contributed by atoms with Gasteiger partial charge in [0.25, 0.3) is 0 Å². The molecular formula is C17H16ClN3O2S. The molecule has 0 N–H and O–H groups in total. The number of nitriles is 1. The number of piperazine rings is 1. The third-order valence-corrected chi connectivity index (χ3v) is 6.28. The third kappa shape index (κ3) is 3.24. The molecule has 0 unspecified atom stereocenters. The van der Waals surface area contributed by atoms with Crippen molar-refractivity contribution in [2.75, 3.05) is 31.1 Å². The second kappa shape index (κ2) is 6.81. The van der Waals surface area contributed by atoms with Gasteiger partial charge in [-0.3, -0.25) is 0 Å². The van der Waals surface area contributed by atoms with Crippen molar-refractivity contribution in [3.63, 3.8) is 0 Å². The normalized spacial score (nSPS) is 15.9.